The van der Waals surface area contributed by atoms with Crippen molar-refractivity contribution >= 4 is 5.91 Å². The lowest BCUT2D eigenvalue weighted by atomic mass is 10.1. The van der Waals surface area contributed by atoms with Crippen LogP contribution in [0.5, 0.6) is 0 Å². The van der Waals surface area contributed by atoms with Crippen molar-refractivity contribution in [1.29, 1.82) is 0 Å². The van der Waals surface area contributed by atoms with Crippen LogP contribution in [-0.4, -0.2) is 17.0 Å². The molecule has 0 bridgehead atoms. The molecule has 0 atom stereocenters. The van der Waals surface area contributed by atoms with Gasteiger partial charge in [-0.05, 0) is 49.9 Å². The van der Waals surface area contributed by atoms with Crippen molar-refractivity contribution in [2.45, 2.75) is 40.5 Å². The van der Waals surface area contributed by atoms with Crippen LogP contribution in [0.3, 0.4) is 0 Å². The van der Waals surface area contributed by atoms with Gasteiger partial charge in [-0.3, -0.25) is 4.79 Å². The third-order valence-corrected chi connectivity index (χ3v) is 3.86. The van der Waals surface area contributed by atoms with Crippen molar-refractivity contribution in [3.8, 4) is 5.69 Å². The van der Waals surface area contributed by atoms with Gasteiger partial charge in [0.2, 0.25) is 5.91 Å². The Labute approximate surface area is 133 Å². The van der Waals surface area contributed by atoms with Crippen LogP contribution in [0, 0.1) is 19.8 Å². The van der Waals surface area contributed by atoms with Gasteiger partial charge in [-0.25, -0.2) is 0 Å². The Kier molecular flexibility index (Phi) is 5.42. The molecule has 1 heterocycles. The fourth-order valence-electron chi connectivity index (χ4n) is 2.84. The highest BCUT2D eigenvalue weighted by Gasteiger charge is 2.11. The zero-order valence-electron chi connectivity index (χ0n) is 14.0. The second kappa shape index (κ2) is 7.30. The average molecular weight is 298 g/mol. The summed E-state index contributed by atoms with van der Waals surface area (Å²) in [5.41, 5.74) is 4.97. The Morgan fingerprint density at radius 2 is 1.86 bits per heavy atom. The van der Waals surface area contributed by atoms with Gasteiger partial charge < -0.3 is 9.88 Å². The molecular weight excluding hydrogens is 272 g/mol. The van der Waals surface area contributed by atoms with Crippen LogP contribution in [0.15, 0.2) is 36.4 Å². The van der Waals surface area contributed by atoms with Gasteiger partial charge in [0, 0.05) is 30.0 Å². The molecule has 0 aliphatic heterocycles. The smallest absolute Gasteiger partial charge is 0.220 e. The van der Waals surface area contributed by atoms with E-state index < -0.39 is 0 Å². The van der Waals surface area contributed by atoms with Gasteiger partial charge in [-0.15, -0.1) is 0 Å². The number of aryl methyl sites for hydroxylation is 1. The number of para-hydroxylation sites is 1. The standard InChI is InChI=1S/C19H26N2O/c1-14(2)12-19(22)20-11-10-17-13-15(3)21(16(17)4)18-8-6-5-7-9-18/h5-9,13-14H,10-12H2,1-4H3,(H,20,22). The van der Waals surface area contributed by atoms with Gasteiger partial charge in [-0.2, -0.15) is 0 Å². The molecule has 22 heavy (non-hydrogen) atoms. The fraction of sp³-hybridized carbons (Fsp3) is 0.421. The molecule has 0 saturated heterocycles. The number of carbonyl (C=O) groups excluding carboxylic acids is 1. The zero-order chi connectivity index (χ0) is 16.1. The zero-order valence-corrected chi connectivity index (χ0v) is 14.0. The minimum absolute atomic E-state index is 0.145. The molecule has 2 aromatic rings. The third kappa shape index (κ3) is 4.00. The number of benzene rings is 1. The van der Waals surface area contributed by atoms with Crippen molar-refractivity contribution < 1.29 is 4.79 Å². The molecule has 3 nitrogen and oxygen atoms in total. The number of hydrogen-bond acceptors (Lipinski definition) is 1. The summed E-state index contributed by atoms with van der Waals surface area (Å²) in [7, 11) is 0. The molecule has 0 unspecified atom stereocenters. The highest BCUT2D eigenvalue weighted by molar-refractivity contribution is 5.76. The van der Waals surface area contributed by atoms with Gasteiger partial charge in [0.15, 0.2) is 0 Å². The molecule has 3 heteroatoms. The molecule has 1 aromatic carbocycles. The number of carbonyl (C=O) groups is 1. The van der Waals surface area contributed by atoms with Crippen molar-refractivity contribution in [2.75, 3.05) is 6.54 Å². The highest BCUT2D eigenvalue weighted by Crippen LogP contribution is 2.20. The van der Waals surface area contributed by atoms with Gasteiger partial charge in [0.25, 0.3) is 0 Å². The van der Waals surface area contributed by atoms with Crippen molar-refractivity contribution in [2.24, 2.45) is 5.92 Å². The maximum atomic E-state index is 11.7. The van der Waals surface area contributed by atoms with E-state index in [1.807, 2.05) is 6.07 Å². The quantitative estimate of drug-likeness (QED) is 0.865. The van der Waals surface area contributed by atoms with E-state index in [2.05, 4.69) is 67.9 Å². The first-order valence-electron chi connectivity index (χ1n) is 7.99. The molecule has 1 aromatic heterocycles. The monoisotopic (exact) mass is 298 g/mol. The molecule has 0 aliphatic carbocycles. The molecule has 118 valence electrons. The van der Waals surface area contributed by atoms with Crippen LogP contribution >= 0.6 is 0 Å². The molecule has 0 aliphatic rings. The Bertz CT molecular complexity index is 626. The lowest BCUT2D eigenvalue weighted by Gasteiger charge is -2.10. The first-order chi connectivity index (χ1) is 10.5. The SMILES string of the molecule is Cc1cc(CCNC(=O)CC(C)C)c(C)n1-c1ccccc1. The minimum atomic E-state index is 0.145. The number of aromatic nitrogens is 1. The van der Waals surface area contributed by atoms with Crippen LogP contribution < -0.4 is 5.32 Å². The van der Waals surface area contributed by atoms with E-state index in [1.165, 1.54) is 22.6 Å². The average Bonchev–Trinajstić information content (AvgIpc) is 2.74. The minimum Gasteiger partial charge on any atom is -0.356 e. The molecule has 0 radical (unpaired) electrons. The summed E-state index contributed by atoms with van der Waals surface area (Å²) >= 11 is 0. The molecule has 1 amide bonds. The fourth-order valence-corrected chi connectivity index (χ4v) is 2.84. The van der Waals surface area contributed by atoms with Crippen LogP contribution in [0.25, 0.3) is 5.69 Å². The van der Waals surface area contributed by atoms with Gasteiger partial charge in [-0.1, -0.05) is 32.0 Å². The summed E-state index contributed by atoms with van der Waals surface area (Å²) in [4.78, 5) is 11.7. The highest BCUT2D eigenvalue weighted by atomic mass is 16.1. The van der Waals surface area contributed by atoms with Gasteiger partial charge in [0.1, 0.15) is 0 Å². The van der Waals surface area contributed by atoms with Crippen molar-refractivity contribution in [3.63, 3.8) is 0 Å². The second-order valence-corrected chi connectivity index (χ2v) is 6.27. The summed E-state index contributed by atoms with van der Waals surface area (Å²) in [6.07, 6.45) is 1.47. The lowest BCUT2D eigenvalue weighted by Crippen LogP contribution is -2.26. The Morgan fingerprint density at radius 1 is 1.18 bits per heavy atom. The topological polar surface area (TPSA) is 34.0 Å². The number of rotatable bonds is 6. The molecule has 0 fully saturated rings. The van der Waals surface area contributed by atoms with Crippen molar-refractivity contribution in [1.82, 2.24) is 9.88 Å². The normalized spacial score (nSPS) is 11.0. The Hall–Kier alpha value is -2.03. The molecule has 2 rings (SSSR count). The Balaban J connectivity index is 2.03. The third-order valence-electron chi connectivity index (χ3n) is 3.86. The largest absolute Gasteiger partial charge is 0.356 e. The van der Waals surface area contributed by atoms with E-state index in [0.717, 1.165) is 6.42 Å². The summed E-state index contributed by atoms with van der Waals surface area (Å²) < 4.78 is 2.27. The maximum absolute atomic E-state index is 11.7. The maximum Gasteiger partial charge on any atom is 0.220 e. The Morgan fingerprint density at radius 3 is 2.50 bits per heavy atom. The molecular formula is C19H26N2O. The lowest BCUT2D eigenvalue weighted by molar-refractivity contribution is -0.121. The molecule has 1 N–H and O–H groups in total. The predicted octanol–water partition coefficient (Wildman–Crippen LogP) is 3.80. The van der Waals surface area contributed by atoms with E-state index >= 15 is 0 Å². The van der Waals surface area contributed by atoms with E-state index in [9.17, 15) is 4.79 Å². The van der Waals surface area contributed by atoms with E-state index in [0.29, 0.717) is 18.9 Å². The number of nitrogens with zero attached hydrogens (tertiary/aromatic N) is 1. The van der Waals surface area contributed by atoms with Crippen LogP contribution in [0.2, 0.25) is 0 Å². The molecule has 0 saturated carbocycles. The summed E-state index contributed by atoms with van der Waals surface area (Å²) in [5.74, 6) is 0.551. The van der Waals surface area contributed by atoms with Crippen LogP contribution in [0.1, 0.15) is 37.2 Å². The first-order valence-corrected chi connectivity index (χ1v) is 7.99. The molecule has 0 spiro atoms. The van der Waals surface area contributed by atoms with Crippen molar-refractivity contribution in [3.05, 3.63) is 53.3 Å². The summed E-state index contributed by atoms with van der Waals surface area (Å²) in [6, 6.07) is 12.6. The first kappa shape index (κ1) is 16.3. The number of nitrogens with one attached hydrogen (secondary N) is 1. The van der Waals surface area contributed by atoms with Gasteiger partial charge >= 0.3 is 0 Å². The predicted molar refractivity (Wildman–Crippen MR) is 91.4 cm³/mol. The van der Waals surface area contributed by atoms with Gasteiger partial charge in [0.05, 0.1) is 0 Å². The number of amides is 1. The number of hydrogen-bond donors (Lipinski definition) is 1. The summed E-state index contributed by atoms with van der Waals surface area (Å²) in [5, 5.41) is 3.01. The van der Waals surface area contributed by atoms with E-state index in [4.69, 9.17) is 0 Å². The van der Waals surface area contributed by atoms with Crippen LogP contribution in [-0.2, 0) is 11.2 Å². The van der Waals surface area contributed by atoms with E-state index in [1.54, 1.807) is 0 Å². The van der Waals surface area contributed by atoms with E-state index in [-0.39, 0.29) is 5.91 Å². The summed E-state index contributed by atoms with van der Waals surface area (Å²) in [6.45, 7) is 9.09. The van der Waals surface area contributed by atoms with Crippen LogP contribution in [0.4, 0.5) is 0 Å². The second-order valence-electron chi connectivity index (χ2n) is 6.27.